The Morgan fingerprint density at radius 3 is 2.28 bits per heavy atom. The zero-order valence-electron chi connectivity index (χ0n) is 29.1. The number of hydrogen-bond donors (Lipinski definition) is 4. The predicted octanol–water partition coefficient (Wildman–Crippen LogP) is 7.08. The van der Waals surface area contributed by atoms with Crippen LogP contribution in [0.4, 0.5) is 11.5 Å². The van der Waals surface area contributed by atoms with Crippen LogP contribution in [-0.2, 0) is 29.4 Å². The van der Waals surface area contributed by atoms with Crippen LogP contribution in [0.25, 0.3) is 0 Å². The van der Waals surface area contributed by atoms with Gasteiger partial charge in [0.1, 0.15) is 0 Å². The summed E-state index contributed by atoms with van der Waals surface area (Å²) in [6.07, 6.45) is 12.3. The molecule has 0 unspecified atom stereocenters. The summed E-state index contributed by atoms with van der Waals surface area (Å²) in [5.41, 5.74) is 7.28. The highest BCUT2D eigenvalue weighted by atomic mass is 32.2. The maximum absolute atomic E-state index is 12.2. The molecular formula is C33H50N6O7S4. The van der Waals surface area contributed by atoms with Gasteiger partial charge in [-0.15, -0.1) is 19.0 Å². The van der Waals surface area contributed by atoms with Crippen molar-refractivity contribution in [2.24, 2.45) is 0 Å². The van der Waals surface area contributed by atoms with Gasteiger partial charge in [0, 0.05) is 35.1 Å². The van der Waals surface area contributed by atoms with E-state index in [1.54, 1.807) is 22.9 Å². The molecule has 0 aliphatic carbocycles. The number of benzene rings is 2. The largest absolute Gasteiger partial charge is 0.493 e. The zero-order valence-corrected chi connectivity index (χ0v) is 32.4. The summed E-state index contributed by atoms with van der Waals surface area (Å²) in [5.74, 6) is 0.769. The third-order valence-electron chi connectivity index (χ3n) is 7.20. The summed E-state index contributed by atoms with van der Waals surface area (Å²) >= 11 is 2.61. The number of nitrogens with one attached hydrogen (secondary N) is 4. The van der Waals surface area contributed by atoms with E-state index < -0.39 is 20.0 Å². The quantitative estimate of drug-likeness (QED) is 0.0400. The Hall–Kier alpha value is -2.61. The fourth-order valence-corrected chi connectivity index (χ4v) is 7.29. The summed E-state index contributed by atoms with van der Waals surface area (Å²) in [5, 5.41) is 1.77. The Bertz CT molecular complexity index is 1650. The van der Waals surface area contributed by atoms with Gasteiger partial charge in [0.15, 0.2) is 11.6 Å². The summed E-state index contributed by atoms with van der Waals surface area (Å²) < 4.78 is 56.9. The van der Waals surface area contributed by atoms with Crippen LogP contribution in [0.15, 0.2) is 75.5 Å². The fraction of sp³-hybridized carbons (Fsp3) is 0.485. The van der Waals surface area contributed by atoms with Crippen LogP contribution in [-0.4, -0.2) is 59.1 Å². The molecule has 2 heterocycles. The number of ether oxygens (including phenoxy) is 1. The van der Waals surface area contributed by atoms with Crippen LogP contribution in [0.5, 0.6) is 5.75 Å². The molecule has 1 fully saturated rings. The van der Waals surface area contributed by atoms with Gasteiger partial charge in [-0.25, -0.2) is 21.8 Å². The highest BCUT2D eigenvalue weighted by molar-refractivity contribution is 7.99. The van der Waals surface area contributed by atoms with E-state index >= 15 is 0 Å². The average Bonchev–Trinajstić information content (AvgIpc) is 3.09. The number of sulfonamides is 2. The van der Waals surface area contributed by atoms with Crippen molar-refractivity contribution in [3.8, 4) is 5.75 Å². The summed E-state index contributed by atoms with van der Waals surface area (Å²) in [7, 11) is -5.28. The average molecular weight is 771 g/mol. The predicted molar refractivity (Wildman–Crippen MR) is 202 cm³/mol. The second kappa shape index (κ2) is 22.4. The van der Waals surface area contributed by atoms with E-state index in [0.29, 0.717) is 17.1 Å². The summed E-state index contributed by atoms with van der Waals surface area (Å²) in [6, 6.07) is 17.6. The van der Waals surface area contributed by atoms with Crippen LogP contribution in [0, 0.1) is 6.92 Å². The van der Waals surface area contributed by atoms with Gasteiger partial charge in [0.25, 0.3) is 0 Å². The number of hydrazine groups is 2. The highest BCUT2D eigenvalue weighted by Gasteiger charge is 2.14. The van der Waals surface area contributed by atoms with Crippen molar-refractivity contribution in [1.82, 2.24) is 19.7 Å². The van der Waals surface area contributed by atoms with Crippen LogP contribution < -0.4 is 25.3 Å². The summed E-state index contributed by atoms with van der Waals surface area (Å²) in [4.78, 5) is 16.7. The molecule has 0 spiro atoms. The second-order valence-electron chi connectivity index (χ2n) is 11.7. The normalized spacial score (nSPS) is 13.7. The number of methoxy groups -OCH3 is 1. The van der Waals surface area contributed by atoms with E-state index in [-0.39, 0.29) is 11.6 Å². The van der Waals surface area contributed by atoms with Crippen molar-refractivity contribution < 1.29 is 30.9 Å². The first-order valence-corrected chi connectivity index (χ1v) is 21.7. The van der Waals surface area contributed by atoms with Gasteiger partial charge in [0.2, 0.25) is 20.0 Å². The molecule has 3 aromatic rings. The lowest BCUT2D eigenvalue weighted by Gasteiger charge is -2.23. The van der Waals surface area contributed by atoms with E-state index in [9.17, 15) is 16.8 Å². The van der Waals surface area contributed by atoms with Crippen LogP contribution in [0.2, 0.25) is 0 Å². The smallest absolute Gasteiger partial charge is 0.228 e. The number of aryl methyl sites for hydroxylation is 1. The van der Waals surface area contributed by atoms with Gasteiger partial charge >= 0.3 is 0 Å². The first-order valence-electron chi connectivity index (χ1n) is 16.6. The molecule has 2 aromatic carbocycles. The molecular weight excluding hydrogens is 721 g/mol. The first kappa shape index (κ1) is 41.8. The molecule has 17 heteroatoms. The van der Waals surface area contributed by atoms with Crippen LogP contribution >= 0.6 is 23.8 Å². The maximum atomic E-state index is 12.2. The molecule has 4 rings (SSSR count). The monoisotopic (exact) mass is 770 g/mol. The topological polar surface area (TPSA) is 160 Å². The van der Waals surface area contributed by atoms with Crippen molar-refractivity contribution >= 4 is 55.4 Å². The molecule has 278 valence electrons. The number of nitrogens with zero attached hydrogens (tertiary/aromatic N) is 2. The number of hydrogen-bond acceptors (Lipinski definition) is 13. The second-order valence-corrected chi connectivity index (χ2v) is 17.1. The molecule has 1 aliphatic rings. The minimum atomic E-state index is -3.40. The van der Waals surface area contributed by atoms with Crippen molar-refractivity contribution in [1.29, 1.82) is 0 Å². The Balaban J connectivity index is 0.000000274. The molecule has 1 aliphatic heterocycles. The van der Waals surface area contributed by atoms with E-state index in [2.05, 4.69) is 38.5 Å². The maximum Gasteiger partial charge on any atom is 0.228 e. The number of anilines is 2. The molecule has 0 bridgehead atoms. The number of piperidine rings is 1. The Labute approximate surface area is 306 Å². The Morgan fingerprint density at radius 2 is 1.58 bits per heavy atom. The lowest BCUT2D eigenvalue weighted by molar-refractivity contribution is -0.363. The van der Waals surface area contributed by atoms with Crippen molar-refractivity contribution in [3.63, 3.8) is 0 Å². The minimum Gasteiger partial charge on any atom is -0.493 e. The molecule has 50 heavy (non-hydrogen) atoms. The van der Waals surface area contributed by atoms with Gasteiger partial charge < -0.3 is 10.2 Å². The van der Waals surface area contributed by atoms with Crippen molar-refractivity contribution in [3.05, 3.63) is 66.4 Å². The Morgan fingerprint density at radius 1 is 0.860 bits per heavy atom. The lowest BCUT2D eigenvalue weighted by Crippen LogP contribution is -2.31. The lowest BCUT2D eigenvalue weighted by atomic mass is 10.1. The van der Waals surface area contributed by atoms with E-state index in [4.69, 9.17) is 14.1 Å². The van der Waals surface area contributed by atoms with Gasteiger partial charge in [-0.05, 0) is 56.0 Å². The molecule has 0 saturated carbocycles. The van der Waals surface area contributed by atoms with Crippen LogP contribution in [0.1, 0.15) is 70.3 Å². The van der Waals surface area contributed by atoms with E-state index in [0.717, 1.165) is 78.1 Å². The molecule has 0 amide bonds. The molecule has 0 atom stereocenters. The SMILES string of the molecule is CCCCCCCCS(=O)(=O)NNc1ccc(C)cc1Sc1ccccc1.COc1cc(SOON2CCCCC2)cnc1NNS(C)(=O)=O. The first-order chi connectivity index (χ1) is 24.0. The van der Waals surface area contributed by atoms with E-state index in [1.165, 1.54) is 39.0 Å². The standard InChI is InChI=1S/C21H30N2O2S2.C12H20N4O5S2/c1-3-4-5-6-7-11-16-27(24,25)23-22-20-15-14-18(2)17-21(20)26-19-12-9-8-10-13-19;1-19-11-8-10(9-13-12(11)14-15-23(2,17)18)22-21-20-16-6-4-3-5-7-16/h8-10,12-15,17,22-23H,3-7,11,16H2,1-2H3;8-9,15H,3-7H2,1-2H3,(H,13,14). The third-order valence-corrected chi connectivity index (χ3v) is 10.5. The van der Waals surface area contributed by atoms with Gasteiger partial charge in [-0.3, -0.25) is 5.43 Å². The molecule has 1 saturated heterocycles. The van der Waals surface area contributed by atoms with Crippen molar-refractivity contribution in [2.75, 3.05) is 43.1 Å². The fourth-order valence-electron chi connectivity index (χ4n) is 4.59. The number of hydroxylamine groups is 2. The zero-order chi connectivity index (χ0) is 36.2. The van der Waals surface area contributed by atoms with E-state index in [1.807, 2.05) is 49.4 Å². The van der Waals surface area contributed by atoms with Gasteiger partial charge in [-0.2, -0.15) is 5.06 Å². The van der Waals surface area contributed by atoms with Crippen molar-refractivity contribution in [2.45, 2.75) is 86.3 Å². The number of pyridine rings is 1. The molecule has 1 aromatic heterocycles. The highest BCUT2D eigenvalue weighted by Crippen LogP contribution is 2.34. The molecule has 4 N–H and O–H groups in total. The number of unbranched alkanes of at least 4 members (excludes halogenated alkanes) is 5. The number of aromatic nitrogens is 1. The summed E-state index contributed by atoms with van der Waals surface area (Å²) in [6.45, 7) is 5.90. The van der Waals surface area contributed by atoms with Gasteiger partial charge in [0.05, 0.1) is 41.7 Å². The third kappa shape index (κ3) is 17.1. The Kier molecular flexibility index (Phi) is 18.7. The van der Waals surface area contributed by atoms with Crippen LogP contribution in [0.3, 0.4) is 0 Å². The number of rotatable bonds is 20. The molecule has 0 radical (unpaired) electrons. The van der Waals surface area contributed by atoms with Gasteiger partial charge in [-0.1, -0.05) is 81.5 Å². The minimum absolute atomic E-state index is 0.152. The molecule has 13 nitrogen and oxygen atoms in total.